The molecular formula is C14H27N3O2S. The quantitative estimate of drug-likeness (QED) is 0.674. The largest absolute Gasteiger partial charge is 0.393 e. The van der Waals surface area contributed by atoms with Gasteiger partial charge in [-0.3, -0.25) is 4.79 Å². The first-order chi connectivity index (χ1) is 9.49. The van der Waals surface area contributed by atoms with Crippen molar-refractivity contribution in [2.24, 2.45) is 11.7 Å². The highest BCUT2D eigenvalue weighted by molar-refractivity contribution is 7.80. The van der Waals surface area contributed by atoms with Gasteiger partial charge in [0.25, 0.3) is 0 Å². The molecule has 0 radical (unpaired) electrons. The van der Waals surface area contributed by atoms with Crippen LogP contribution in [0.4, 0.5) is 0 Å². The first-order valence-electron chi connectivity index (χ1n) is 7.27. The van der Waals surface area contributed by atoms with Crippen molar-refractivity contribution < 1.29 is 9.53 Å². The number of carbonyl (C=O) groups is 1. The van der Waals surface area contributed by atoms with Gasteiger partial charge in [-0.1, -0.05) is 12.2 Å². The van der Waals surface area contributed by atoms with E-state index in [1.165, 1.54) is 0 Å². The highest BCUT2D eigenvalue weighted by Crippen LogP contribution is 2.15. The lowest BCUT2D eigenvalue weighted by atomic mass is 10.00. The van der Waals surface area contributed by atoms with Crippen LogP contribution < -0.4 is 5.73 Å². The summed E-state index contributed by atoms with van der Waals surface area (Å²) in [4.78, 5) is 16.4. The summed E-state index contributed by atoms with van der Waals surface area (Å²) in [5.41, 5.74) is 5.44. The number of carbonyl (C=O) groups excluding carboxylic acids is 1. The van der Waals surface area contributed by atoms with Gasteiger partial charge in [-0.25, -0.2) is 0 Å². The molecule has 0 spiro atoms. The average Bonchev–Trinajstić information content (AvgIpc) is 2.43. The zero-order chi connectivity index (χ0) is 15.0. The van der Waals surface area contributed by atoms with Crippen LogP contribution in [0.15, 0.2) is 0 Å². The van der Waals surface area contributed by atoms with E-state index in [1.807, 2.05) is 0 Å². The molecule has 0 unspecified atom stereocenters. The van der Waals surface area contributed by atoms with Crippen LogP contribution in [-0.4, -0.2) is 67.6 Å². The zero-order valence-electron chi connectivity index (χ0n) is 12.6. The van der Waals surface area contributed by atoms with Crippen molar-refractivity contribution >= 4 is 23.1 Å². The predicted molar refractivity (Wildman–Crippen MR) is 84.7 cm³/mol. The molecular weight excluding hydrogens is 274 g/mol. The van der Waals surface area contributed by atoms with E-state index < -0.39 is 0 Å². The number of thiocarbonyl (C=S) groups is 1. The predicted octanol–water partition coefficient (Wildman–Crippen LogP) is 0.870. The van der Waals surface area contributed by atoms with Crippen molar-refractivity contribution in [3.05, 3.63) is 0 Å². The Morgan fingerprint density at radius 2 is 1.90 bits per heavy atom. The second-order valence-corrected chi connectivity index (χ2v) is 6.12. The average molecular weight is 301 g/mol. The third kappa shape index (κ3) is 7.17. The Kier molecular flexibility index (Phi) is 8.02. The molecule has 2 N–H and O–H groups in total. The summed E-state index contributed by atoms with van der Waals surface area (Å²) in [5, 5.41) is 0. The molecule has 0 aromatic carbocycles. The maximum absolute atomic E-state index is 11.9. The molecule has 0 aromatic heterocycles. The van der Waals surface area contributed by atoms with E-state index >= 15 is 0 Å². The Morgan fingerprint density at radius 1 is 1.25 bits per heavy atom. The minimum absolute atomic E-state index is 0.153. The Morgan fingerprint density at radius 3 is 2.50 bits per heavy atom. The molecule has 6 heteroatoms. The highest BCUT2D eigenvalue weighted by atomic mass is 32.1. The highest BCUT2D eigenvalue weighted by Gasteiger charge is 2.16. The summed E-state index contributed by atoms with van der Waals surface area (Å²) in [5.74, 6) is 0.858. The van der Waals surface area contributed by atoms with Gasteiger partial charge in [0.2, 0.25) is 5.91 Å². The van der Waals surface area contributed by atoms with Crippen molar-refractivity contribution in [2.45, 2.75) is 25.7 Å². The monoisotopic (exact) mass is 301 g/mol. The first kappa shape index (κ1) is 17.3. The summed E-state index contributed by atoms with van der Waals surface area (Å²) >= 11 is 4.82. The fourth-order valence-corrected chi connectivity index (χ4v) is 2.43. The Labute approximate surface area is 127 Å². The van der Waals surface area contributed by atoms with Gasteiger partial charge in [0.05, 0.1) is 4.99 Å². The van der Waals surface area contributed by atoms with Crippen LogP contribution in [0.5, 0.6) is 0 Å². The van der Waals surface area contributed by atoms with Crippen molar-refractivity contribution in [3.63, 3.8) is 0 Å². The van der Waals surface area contributed by atoms with E-state index in [9.17, 15) is 4.79 Å². The van der Waals surface area contributed by atoms with Gasteiger partial charge < -0.3 is 20.3 Å². The molecule has 0 saturated carbocycles. The standard InChI is InChI=1S/C14H27N3O2S/c1-16(11-12-5-9-19-10-6-12)7-4-14(18)17(2)8-3-13(15)20/h12H,3-11H2,1-2H3,(H2,15,20). The number of nitrogens with zero attached hydrogens (tertiary/aromatic N) is 2. The molecule has 1 amide bonds. The topological polar surface area (TPSA) is 58.8 Å². The van der Waals surface area contributed by atoms with Gasteiger partial charge in [0.1, 0.15) is 0 Å². The molecule has 0 atom stereocenters. The molecule has 1 saturated heterocycles. The molecule has 1 fully saturated rings. The molecule has 0 bridgehead atoms. The van der Waals surface area contributed by atoms with Gasteiger partial charge in [0.15, 0.2) is 0 Å². The smallest absolute Gasteiger partial charge is 0.223 e. The van der Waals surface area contributed by atoms with E-state index in [4.69, 9.17) is 22.7 Å². The molecule has 1 aliphatic rings. The fourth-order valence-electron chi connectivity index (χ4n) is 2.34. The van der Waals surface area contributed by atoms with Crippen molar-refractivity contribution in [1.29, 1.82) is 0 Å². The van der Waals surface area contributed by atoms with Crippen LogP contribution in [0.3, 0.4) is 0 Å². The number of hydrogen-bond donors (Lipinski definition) is 1. The summed E-state index contributed by atoms with van der Waals surface area (Å²) in [6.45, 7) is 4.21. The molecule has 1 heterocycles. The number of hydrogen-bond acceptors (Lipinski definition) is 4. The molecule has 20 heavy (non-hydrogen) atoms. The second-order valence-electron chi connectivity index (χ2n) is 5.60. The summed E-state index contributed by atoms with van der Waals surface area (Å²) in [6, 6.07) is 0. The molecule has 1 aliphatic heterocycles. The fraction of sp³-hybridized carbons (Fsp3) is 0.857. The molecule has 1 rings (SSSR count). The summed E-state index contributed by atoms with van der Waals surface area (Å²) in [7, 11) is 3.89. The van der Waals surface area contributed by atoms with Gasteiger partial charge >= 0.3 is 0 Å². The Balaban J connectivity index is 2.16. The number of nitrogens with two attached hydrogens (primary N) is 1. The minimum Gasteiger partial charge on any atom is -0.393 e. The Hall–Kier alpha value is -0.720. The van der Waals surface area contributed by atoms with E-state index in [-0.39, 0.29) is 5.91 Å². The van der Waals surface area contributed by atoms with E-state index in [0.717, 1.165) is 39.1 Å². The lowest BCUT2D eigenvalue weighted by Gasteiger charge is -2.27. The van der Waals surface area contributed by atoms with E-state index in [2.05, 4.69) is 11.9 Å². The van der Waals surface area contributed by atoms with Crippen LogP contribution in [0.1, 0.15) is 25.7 Å². The van der Waals surface area contributed by atoms with Crippen LogP contribution in [0.25, 0.3) is 0 Å². The Bertz CT molecular complexity index is 320. The van der Waals surface area contributed by atoms with E-state index in [0.29, 0.717) is 30.3 Å². The molecule has 0 aliphatic carbocycles. The van der Waals surface area contributed by atoms with Gasteiger partial charge in [-0.2, -0.15) is 0 Å². The molecule has 116 valence electrons. The van der Waals surface area contributed by atoms with Crippen LogP contribution >= 0.6 is 12.2 Å². The SMILES string of the molecule is CN(CCC(=O)N(C)CCC(N)=S)CC1CCOCC1. The minimum atomic E-state index is 0.153. The van der Waals surface area contributed by atoms with Crippen molar-refractivity contribution in [3.8, 4) is 0 Å². The van der Waals surface area contributed by atoms with Crippen LogP contribution in [0.2, 0.25) is 0 Å². The maximum atomic E-state index is 11.9. The van der Waals surface area contributed by atoms with Gasteiger partial charge in [-0.05, 0) is 25.8 Å². The second kappa shape index (κ2) is 9.26. The first-order valence-corrected chi connectivity index (χ1v) is 7.68. The van der Waals surface area contributed by atoms with Crippen molar-refractivity contribution in [1.82, 2.24) is 9.80 Å². The van der Waals surface area contributed by atoms with Crippen molar-refractivity contribution in [2.75, 3.05) is 46.9 Å². The zero-order valence-corrected chi connectivity index (χ0v) is 13.5. The lowest BCUT2D eigenvalue weighted by molar-refractivity contribution is -0.130. The third-order valence-electron chi connectivity index (χ3n) is 3.74. The van der Waals surface area contributed by atoms with Crippen LogP contribution in [-0.2, 0) is 9.53 Å². The van der Waals surface area contributed by atoms with E-state index in [1.54, 1.807) is 11.9 Å². The molecule has 5 nitrogen and oxygen atoms in total. The van der Waals surface area contributed by atoms with Gasteiger partial charge in [0, 0.05) is 52.7 Å². The number of amides is 1. The van der Waals surface area contributed by atoms with Gasteiger partial charge in [-0.15, -0.1) is 0 Å². The van der Waals surface area contributed by atoms with Crippen LogP contribution in [0, 0.1) is 5.92 Å². The number of rotatable bonds is 8. The number of ether oxygens (including phenoxy) is 1. The summed E-state index contributed by atoms with van der Waals surface area (Å²) in [6.07, 6.45) is 3.40. The summed E-state index contributed by atoms with van der Waals surface area (Å²) < 4.78 is 5.36. The normalized spacial score (nSPS) is 16.4. The molecule has 0 aromatic rings. The third-order valence-corrected chi connectivity index (χ3v) is 3.94. The lowest BCUT2D eigenvalue weighted by Crippen LogP contribution is -2.35. The maximum Gasteiger partial charge on any atom is 0.223 e.